The monoisotopic (exact) mass is 673 g/mol. The van der Waals surface area contributed by atoms with Crippen LogP contribution in [0.1, 0.15) is 28.2 Å². The first-order valence-electron chi connectivity index (χ1n) is 18.1. The Morgan fingerprint density at radius 1 is 0.415 bits per heavy atom. The Labute approximate surface area is 306 Å². The molecule has 0 radical (unpaired) electrons. The van der Waals surface area contributed by atoms with Crippen LogP contribution in [0.4, 0.5) is 0 Å². The van der Waals surface area contributed by atoms with Gasteiger partial charge in [-0.15, -0.1) is 0 Å². The molecule has 0 bridgehead atoms. The van der Waals surface area contributed by atoms with E-state index < -0.39 is 0 Å². The average molecular weight is 674 g/mol. The summed E-state index contributed by atoms with van der Waals surface area (Å²) in [7, 11) is 0. The van der Waals surface area contributed by atoms with Crippen LogP contribution in [-0.4, -0.2) is 9.13 Å². The Kier molecular flexibility index (Phi) is 6.38. The molecule has 10 aromatic rings. The van der Waals surface area contributed by atoms with Crippen molar-refractivity contribution in [3.8, 4) is 39.7 Å². The molecule has 0 amide bonds. The van der Waals surface area contributed by atoms with Crippen LogP contribution >= 0.6 is 0 Å². The van der Waals surface area contributed by atoms with Gasteiger partial charge in [-0.05, 0) is 94.0 Å². The molecule has 1 atom stereocenters. The standard InChI is InChI=1S/C50H31N3/c51-31-32-22-27-48(41(28-32)33-23-25-35(26-24-33)52-45-19-9-6-15-37(45)38-16-7-10-20-46(38)52)53-47-21-11-8-17-39(47)43-29-42-36-14-4-5-18-40(36)50(44(42)30-49(43)53)34-12-2-1-3-13-34/h1-30,50H. The van der Waals surface area contributed by atoms with E-state index in [4.69, 9.17) is 0 Å². The topological polar surface area (TPSA) is 33.6 Å². The summed E-state index contributed by atoms with van der Waals surface area (Å²) in [4.78, 5) is 0. The maximum Gasteiger partial charge on any atom is 0.0991 e. The molecular formula is C50H31N3. The van der Waals surface area contributed by atoms with E-state index in [0.717, 1.165) is 33.5 Å². The minimum atomic E-state index is 0.145. The highest BCUT2D eigenvalue weighted by atomic mass is 15.0. The molecule has 0 aliphatic heterocycles. The van der Waals surface area contributed by atoms with Gasteiger partial charge in [0.15, 0.2) is 0 Å². The molecule has 1 aliphatic carbocycles. The number of nitrogens with zero attached hydrogens (tertiary/aromatic N) is 3. The van der Waals surface area contributed by atoms with E-state index in [-0.39, 0.29) is 5.92 Å². The molecular weight excluding hydrogens is 643 g/mol. The van der Waals surface area contributed by atoms with Crippen molar-refractivity contribution in [3.63, 3.8) is 0 Å². The zero-order chi connectivity index (χ0) is 35.0. The molecule has 1 unspecified atom stereocenters. The third kappa shape index (κ3) is 4.33. The number of hydrogen-bond acceptors (Lipinski definition) is 1. The zero-order valence-electron chi connectivity index (χ0n) is 28.7. The number of aromatic nitrogens is 2. The fraction of sp³-hybridized carbons (Fsp3) is 0.0200. The summed E-state index contributed by atoms with van der Waals surface area (Å²) in [6, 6.07) is 67.8. The maximum absolute atomic E-state index is 10.1. The van der Waals surface area contributed by atoms with Gasteiger partial charge in [0.1, 0.15) is 0 Å². The van der Waals surface area contributed by atoms with Crippen LogP contribution < -0.4 is 0 Å². The maximum atomic E-state index is 10.1. The zero-order valence-corrected chi connectivity index (χ0v) is 28.7. The fourth-order valence-corrected chi connectivity index (χ4v) is 8.95. The minimum absolute atomic E-state index is 0.145. The van der Waals surface area contributed by atoms with Crippen LogP contribution in [0.5, 0.6) is 0 Å². The molecule has 11 rings (SSSR count). The van der Waals surface area contributed by atoms with Gasteiger partial charge in [-0.3, -0.25) is 0 Å². The van der Waals surface area contributed by atoms with Crippen molar-refractivity contribution in [2.24, 2.45) is 0 Å². The third-order valence-electron chi connectivity index (χ3n) is 11.2. The highest BCUT2D eigenvalue weighted by molar-refractivity contribution is 6.12. The third-order valence-corrected chi connectivity index (χ3v) is 11.2. The van der Waals surface area contributed by atoms with Crippen LogP contribution in [0.2, 0.25) is 0 Å². The van der Waals surface area contributed by atoms with Crippen molar-refractivity contribution in [3.05, 3.63) is 204 Å². The van der Waals surface area contributed by atoms with Gasteiger partial charge in [-0.2, -0.15) is 5.26 Å². The molecule has 0 N–H and O–H groups in total. The summed E-state index contributed by atoms with van der Waals surface area (Å²) in [5.41, 5.74) is 16.1. The van der Waals surface area contributed by atoms with E-state index >= 15 is 0 Å². The second kappa shape index (κ2) is 11.4. The van der Waals surface area contributed by atoms with Crippen LogP contribution in [0.15, 0.2) is 182 Å². The number of hydrogen-bond donors (Lipinski definition) is 0. The molecule has 0 saturated carbocycles. The van der Waals surface area contributed by atoms with E-state index in [1.807, 2.05) is 12.1 Å². The fourth-order valence-electron chi connectivity index (χ4n) is 8.95. The number of para-hydroxylation sites is 3. The highest BCUT2D eigenvalue weighted by Gasteiger charge is 2.31. The van der Waals surface area contributed by atoms with Gasteiger partial charge >= 0.3 is 0 Å². The summed E-state index contributed by atoms with van der Waals surface area (Å²) in [5.74, 6) is 0.145. The molecule has 53 heavy (non-hydrogen) atoms. The lowest BCUT2D eigenvalue weighted by atomic mass is 9.89. The predicted molar refractivity (Wildman–Crippen MR) is 218 cm³/mol. The molecule has 3 heteroatoms. The predicted octanol–water partition coefficient (Wildman–Crippen LogP) is 12.6. The van der Waals surface area contributed by atoms with Crippen molar-refractivity contribution >= 4 is 43.6 Å². The lowest BCUT2D eigenvalue weighted by Crippen LogP contribution is -2.01. The normalized spacial score (nSPS) is 13.5. The van der Waals surface area contributed by atoms with Gasteiger partial charge in [0.25, 0.3) is 0 Å². The molecule has 1 aliphatic rings. The highest BCUT2D eigenvalue weighted by Crippen LogP contribution is 2.51. The molecule has 2 heterocycles. The molecule has 8 aromatic carbocycles. The van der Waals surface area contributed by atoms with E-state index in [2.05, 4.69) is 185 Å². The van der Waals surface area contributed by atoms with Crippen molar-refractivity contribution < 1.29 is 0 Å². The molecule has 246 valence electrons. The Hall–Kier alpha value is -7.15. The van der Waals surface area contributed by atoms with E-state index in [0.29, 0.717) is 5.56 Å². The summed E-state index contributed by atoms with van der Waals surface area (Å²) < 4.78 is 4.75. The lowest BCUT2D eigenvalue weighted by molar-refractivity contribution is 1.01. The molecule has 0 spiro atoms. The summed E-state index contributed by atoms with van der Waals surface area (Å²) >= 11 is 0. The number of fused-ring (bicyclic) bond motifs is 9. The van der Waals surface area contributed by atoms with Crippen molar-refractivity contribution in [2.75, 3.05) is 0 Å². The molecule has 0 saturated heterocycles. The second-order valence-electron chi connectivity index (χ2n) is 14.0. The number of nitriles is 1. The van der Waals surface area contributed by atoms with Gasteiger partial charge in [-0.25, -0.2) is 0 Å². The molecule has 2 aromatic heterocycles. The molecule has 3 nitrogen and oxygen atoms in total. The average Bonchev–Trinajstić information content (AvgIpc) is 3.85. The van der Waals surface area contributed by atoms with Crippen molar-refractivity contribution in [1.82, 2.24) is 9.13 Å². The minimum Gasteiger partial charge on any atom is -0.309 e. The summed E-state index contributed by atoms with van der Waals surface area (Å²) in [6.07, 6.45) is 0. The summed E-state index contributed by atoms with van der Waals surface area (Å²) in [6.45, 7) is 0. The number of rotatable bonds is 4. The number of benzene rings is 8. The Bertz CT molecular complexity index is 3060. The Morgan fingerprint density at radius 3 is 1.72 bits per heavy atom. The Morgan fingerprint density at radius 2 is 1.02 bits per heavy atom. The van der Waals surface area contributed by atoms with Gasteiger partial charge in [0, 0.05) is 38.7 Å². The molecule has 0 fully saturated rings. The van der Waals surface area contributed by atoms with E-state index in [1.165, 1.54) is 60.4 Å². The lowest BCUT2D eigenvalue weighted by Gasteiger charge is -2.17. The van der Waals surface area contributed by atoms with E-state index in [9.17, 15) is 5.26 Å². The first-order valence-corrected chi connectivity index (χ1v) is 18.1. The SMILES string of the molecule is N#Cc1ccc(-n2c3ccccc3c3cc4c(cc32)C(c2ccccc2)c2ccccc2-4)c(-c2ccc(-n3c4ccccc4c4ccccc43)cc2)c1. The van der Waals surface area contributed by atoms with Gasteiger partial charge in [0.05, 0.1) is 39.4 Å². The van der Waals surface area contributed by atoms with Crippen LogP contribution in [0, 0.1) is 11.3 Å². The quantitative estimate of drug-likeness (QED) is 0.183. The first-order chi connectivity index (χ1) is 26.3. The van der Waals surface area contributed by atoms with Crippen LogP contribution in [0.3, 0.4) is 0 Å². The van der Waals surface area contributed by atoms with Gasteiger partial charge < -0.3 is 9.13 Å². The van der Waals surface area contributed by atoms with Crippen LogP contribution in [-0.2, 0) is 0 Å². The second-order valence-corrected chi connectivity index (χ2v) is 14.0. The van der Waals surface area contributed by atoms with Crippen molar-refractivity contribution in [1.29, 1.82) is 5.26 Å². The van der Waals surface area contributed by atoms with Gasteiger partial charge in [0.2, 0.25) is 0 Å². The Balaban J connectivity index is 1.13. The van der Waals surface area contributed by atoms with Crippen molar-refractivity contribution in [2.45, 2.75) is 5.92 Å². The first kappa shape index (κ1) is 29.6. The smallest absolute Gasteiger partial charge is 0.0991 e. The largest absolute Gasteiger partial charge is 0.309 e. The summed E-state index contributed by atoms with van der Waals surface area (Å²) in [5, 5.41) is 15.0. The van der Waals surface area contributed by atoms with Gasteiger partial charge in [-0.1, -0.05) is 121 Å². The van der Waals surface area contributed by atoms with Crippen LogP contribution in [0.25, 0.3) is 77.2 Å². The van der Waals surface area contributed by atoms with E-state index in [1.54, 1.807) is 0 Å².